The lowest BCUT2D eigenvalue weighted by Crippen LogP contribution is -2.39. The van der Waals surface area contributed by atoms with Crippen LogP contribution in [0.1, 0.15) is 23.1 Å². The minimum absolute atomic E-state index is 0.0981. The fourth-order valence-corrected chi connectivity index (χ4v) is 4.76. The molecule has 206 valence electrons. The van der Waals surface area contributed by atoms with Crippen LogP contribution in [0.4, 0.5) is 24.5 Å². The van der Waals surface area contributed by atoms with Gasteiger partial charge < -0.3 is 10.5 Å². The summed E-state index contributed by atoms with van der Waals surface area (Å²) in [6, 6.07) is 17.5. The Morgan fingerprint density at radius 2 is 1.82 bits per heavy atom. The fraction of sp³-hybridized carbons (Fsp3) is 0.148. The largest absolute Gasteiger partial charge is 0.573 e. The molecule has 1 fully saturated rings. The number of amidine groups is 2. The summed E-state index contributed by atoms with van der Waals surface area (Å²) in [5, 5.41) is 9.36. The Labute approximate surface area is 237 Å². The molecule has 0 unspecified atom stereocenters. The highest BCUT2D eigenvalue weighted by molar-refractivity contribution is 8.14. The summed E-state index contributed by atoms with van der Waals surface area (Å²) in [4.78, 5) is 22.3. The van der Waals surface area contributed by atoms with Gasteiger partial charge in [-0.3, -0.25) is 9.69 Å². The molecule has 0 spiro atoms. The number of ether oxygens (including phenoxy) is 1. The van der Waals surface area contributed by atoms with E-state index in [1.807, 2.05) is 19.1 Å². The van der Waals surface area contributed by atoms with Crippen molar-refractivity contribution in [3.05, 3.63) is 88.4 Å². The summed E-state index contributed by atoms with van der Waals surface area (Å²) in [6.07, 6.45) is -1.63. The molecule has 0 bridgehead atoms. The van der Waals surface area contributed by atoms with Crippen LogP contribution in [-0.4, -0.2) is 41.6 Å². The second-order valence-electron chi connectivity index (χ2n) is 8.28. The second-order valence-corrected chi connectivity index (χ2v) is 9.75. The zero-order chi connectivity index (χ0) is 28.7. The predicted molar refractivity (Wildman–Crippen MR) is 154 cm³/mol. The van der Waals surface area contributed by atoms with E-state index in [0.717, 1.165) is 23.3 Å². The monoisotopic (exact) mass is 586 g/mol. The maximum absolute atomic E-state index is 12.7. The number of aryl methyl sites for hydroxylation is 1. The minimum Gasteiger partial charge on any atom is -0.406 e. The predicted octanol–water partition coefficient (Wildman–Crippen LogP) is 6.47. The van der Waals surface area contributed by atoms with Gasteiger partial charge in [-0.25, -0.2) is 9.98 Å². The van der Waals surface area contributed by atoms with Crippen molar-refractivity contribution < 1.29 is 22.7 Å². The highest BCUT2D eigenvalue weighted by atomic mass is 35.5. The number of alkyl halides is 3. The molecule has 0 saturated carbocycles. The molecule has 1 heterocycles. The van der Waals surface area contributed by atoms with E-state index in [-0.39, 0.29) is 17.5 Å². The van der Waals surface area contributed by atoms with E-state index >= 15 is 0 Å². The van der Waals surface area contributed by atoms with Crippen LogP contribution in [0.25, 0.3) is 0 Å². The van der Waals surface area contributed by atoms with E-state index < -0.39 is 6.36 Å². The average Bonchev–Trinajstić information content (AvgIpc) is 2.90. The van der Waals surface area contributed by atoms with E-state index in [9.17, 15) is 18.0 Å². The molecule has 0 aliphatic carbocycles. The smallest absolute Gasteiger partial charge is 0.406 e. The molecule has 13 heteroatoms. The number of para-hydroxylation sites is 1. The van der Waals surface area contributed by atoms with Gasteiger partial charge in [-0.2, -0.15) is 5.10 Å². The third-order valence-electron chi connectivity index (χ3n) is 5.43. The SMILES string of the molecule is Cc1cccc(Cl)c1N1C(=O)CCS/C1=N\N=C\c1ccc(C(N)=NC=Nc2ccc(OC(F)(F)F)cc2)cc1. The number of anilines is 1. The maximum Gasteiger partial charge on any atom is 0.573 e. The standard InChI is InChI=1S/C27H22ClF3N6O2S/c1-17-3-2-4-22(28)24(17)37-23(38)13-14-40-26(37)36-35-15-18-5-7-19(8-6-18)25(32)34-16-33-20-9-11-21(12-10-20)39-27(29,30)31/h2-12,15-16H,13-14H2,1H3,(H2,32,33,34)/b35-15+,36-26-. The van der Waals surface area contributed by atoms with Crippen molar-refractivity contribution in [1.29, 1.82) is 0 Å². The molecule has 0 aromatic heterocycles. The normalized spacial score (nSPS) is 15.9. The number of nitrogens with zero attached hydrogens (tertiary/aromatic N) is 5. The summed E-state index contributed by atoms with van der Waals surface area (Å²) in [5.74, 6) is 0.344. The lowest BCUT2D eigenvalue weighted by atomic mass is 10.1. The molecule has 8 nitrogen and oxygen atoms in total. The molecule has 4 rings (SSSR count). The number of carbonyl (C=O) groups excluding carboxylic acids is 1. The summed E-state index contributed by atoms with van der Waals surface area (Å²) >= 11 is 7.81. The first kappa shape index (κ1) is 28.8. The molecule has 3 aromatic rings. The van der Waals surface area contributed by atoms with Gasteiger partial charge in [0.25, 0.3) is 0 Å². The Morgan fingerprint density at radius 3 is 2.50 bits per heavy atom. The van der Waals surface area contributed by atoms with Crippen molar-refractivity contribution in [2.45, 2.75) is 19.7 Å². The number of hydrogen-bond donors (Lipinski definition) is 1. The number of thioether (sulfide) groups is 1. The Kier molecular flexibility index (Phi) is 9.22. The van der Waals surface area contributed by atoms with E-state index in [1.54, 1.807) is 36.5 Å². The molecule has 3 aromatic carbocycles. The first-order chi connectivity index (χ1) is 19.1. The minimum atomic E-state index is -4.76. The molecule has 1 amide bonds. The third-order valence-corrected chi connectivity index (χ3v) is 6.67. The number of amides is 1. The lowest BCUT2D eigenvalue weighted by molar-refractivity contribution is -0.274. The van der Waals surface area contributed by atoms with E-state index in [4.69, 9.17) is 17.3 Å². The van der Waals surface area contributed by atoms with Crippen molar-refractivity contribution in [2.75, 3.05) is 10.7 Å². The Bertz CT molecular complexity index is 1470. The van der Waals surface area contributed by atoms with Gasteiger partial charge in [-0.05, 0) is 48.4 Å². The highest BCUT2D eigenvalue weighted by Crippen LogP contribution is 2.34. The molecule has 1 aliphatic rings. The van der Waals surface area contributed by atoms with Crippen LogP contribution in [-0.2, 0) is 4.79 Å². The van der Waals surface area contributed by atoms with Crippen LogP contribution < -0.4 is 15.4 Å². The van der Waals surface area contributed by atoms with Gasteiger partial charge in [0.15, 0.2) is 5.17 Å². The highest BCUT2D eigenvalue weighted by Gasteiger charge is 2.31. The van der Waals surface area contributed by atoms with Gasteiger partial charge in [-0.1, -0.05) is 59.8 Å². The van der Waals surface area contributed by atoms with Crippen LogP contribution in [0.15, 0.2) is 86.9 Å². The van der Waals surface area contributed by atoms with Gasteiger partial charge in [0, 0.05) is 17.7 Å². The van der Waals surface area contributed by atoms with Gasteiger partial charge in [0.1, 0.15) is 17.9 Å². The van der Waals surface area contributed by atoms with Crippen molar-refractivity contribution >= 4 is 64.2 Å². The second kappa shape index (κ2) is 12.8. The number of aliphatic imine (C=N–C) groups is 2. The summed E-state index contributed by atoms with van der Waals surface area (Å²) < 4.78 is 40.6. The Morgan fingerprint density at radius 1 is 1.10 bits per heavy atom. The number of nitrogens with two attached hydrogens (primary N) is 1. The molecule has 40 heavy (non-hydrogen) atoms. The third kappa shape index (κ3) is 7.70. The summed E-state index contributed by atoms with van der Waals surface area (Å²) in [6.45, 7) is 1.88. The van der Waals surface area contributed by atoms with Crippen molar-refractivity contribution in [1.82, 2.24) is 0 Å². The van der Waals surface area contributed by atoms with Crippen molar-refractivity contribution in [3.63, 3.8) is 0 Å². The Hall–Kier alpha value is -4.16. The fourth-order valence-electron chi connectivity index (χ4n) is 3.56. The van der Waals surface area contributed by atoms with E-state index in [1.165, 1.54) is 35.1 Å². The van der Waals surface area contributed by atoms with Crippen molar-refractivity contribution in [2.24, 2.45) is 25.9 Å². The van der Waals surface area contributed by atoms with Gasteiger partial charge >= 0.3 is 6.36 Å². The molecule has 0 radical (unpaired) electrons. The van der Waals surface area contributed by atoms with Crippen LogP contribution in [0.5, 0.6) is 5.75 Å². The summed E-state index contributed by atoms with van der Waals surface area (Å²) in [5.41, 5.74) is 9.21. The molecule has 0 atom stereocenters. The average molecular weight is 587 g/mol. The number of hydrogen-bond acceptors (Lipinski definition) is 6. The number of halogens is 4. The van der Waals surface area contributed by atoms with Gasteiger partial charge in [-0.15, -0.1) is 18.3 Å². The molecular weight excluding hydrogens is 565 g/mol. The topological polar surface area (TPSA) is 105 Å². The number of rotatable bonds is 7. The van der Waals surface area contributed by atoms with Crippen LogP contribution in [0.3, 0.4) is 0 Å². The quantitative estimate of drug-likeness (QED) is 0.194. The van der Waals surface area contributed by atoms with E-state index in [2.05, 4.69) is 24.9 Å². The first-order valence-electron chi connectivity index (χ1n) is 11.7. The zero-order valence-electron chi connectivity index (χ0n) is 21.0. The Balaban J connectivity index is 1.41. The maximum atomic E-state index is 12.7. The number of benzene rings is 3. The summed E-state index contributed by atoms with van der Waals surface area (Å²) in [7, 11) is 0. The lowest BCUT2D eigenvalue weighted by Gasteiger charge is -2.28. The number of carbonyl (C=O) groups is 1. The molecule has 2 N–H and O–H groups in total. The first-order valence-corrected chi connectivity index (χ1v) is 13.1. The van der Waals surface area contributed by atoms with Gasteiger partial charge in [0.2, 0.25) is 5.91 Å². The van der Waals surface area contributed by atoms with Crippen LogP contribution in [0, 0.1) is 6.92 Å². The van der Waals surface area contributed by atoms with Crippen LogP contribution >= 0.6 is 23.4 Å². The molecule has 1 aliphatic heterocycles. The molecule has 1 saturated heterocycles. The van der Waals surface area contributed by atoms with Gasteiger partial charge in [0.05, 0.1) is 22.6 Å². The molecular formula is C27H22ClF3N6O2S. The van der Waals surface area contributed by atoms with E-state index in [0.29, 0.717) is 39.3 Å². The van der Waals surface area contributed by atoms with Crippen LogP contribution in [0.2, 0.25) is 5.02 Å². The van der Waals surface area contributed by atoms with Crippen molar-refractivity contribution in [3.8, 4) is 5.75 Å². The zero-order valence-corrected chi connectivity index (χ0v) is 22.5.